The van der Waals surface area contributed by atoms with Crippen molar-refractivity contribution in [3.63, 3.8) is 0 Å². The molecule has 22 heavy (non-hydrogen) atoms. The number of ether oxygens (including phenoxy) is 1. The molecule has 0 amide bonds. The third kappa shape index (κ3) is 2.80. The van der Waals surface area contributed by atoms with E-state index in [9.17, 15) is 8.78 Å². The van der Waals surface area contributed by atoms with Gasteiger partial charge in [-0.3, -0.25) is 0 Å². The molecule has 0 saturated carbocycles. The van der Waals surface area contributed by atoms with Crippen LogP contribution in [0.2, 0.25) is 0 Å². The van der Waals surface area contributed by atoms with Crippen LogP contribution < -0.4 is 9.80 Å². The smallest absolute Gasteiger partial charge is 0.218 e. The third-order valence-corrected chi connectivity index (χ3v) is 3.43. The summed E-state index contributed by atoms with van der Waals surface area (Å²) in [7, 11) is 0. The van der Waals surface area contributed by atoms with Crippen LogP contribution in [0, 0.1) is 11.6 Å². The first-order chi connectivity index (χ1) is 10.7. The molecule has 3 rings (SSSR count). The van der Waals surface area contributed by atoms with Gasteiger partial charge in [-0.2, -0.15) is 0 Å². The van der Waals surface area contributed by atoms with Crippen molar-refractivity contribution in [3.05, 3.63) is 72.6 Å². The van der Waals surface area contributed by atoms with E-state index < -0.39 is 0 Å². The molecule has 0 spiro atoms. The molecule has 5 heteroatoms. The zero-order chi connectivity index (χ0) is 15.5. The molecule has 0 saturated heterocycles. The largest absolute Gasteiger partial charge is 0.340 e. The molecular weight excluding hydrogens is 286 g/mol. The molecule has 0 N–H and O–H groups in total. The lowest BCUT2D eigenvalue weighted by molar-refractivity contribution is 0.0753. The summed E-state index contributed by atoms with van der Waals surface area (Å²) in [4.78, 5) is 3.79. The number of halogens is 2. The Morgan fingerprint density at radius 2 is 1.23 bits per heavy atom. The van der Waals surface area contributed by atoms with Crippen LogP contribution in [0.25, 0.3) is 0 Å². The van der Waals surface area contributed by atoms with Crippen LogP contribution >= 0.6 is 0 Å². The van der Waals surface area contributed by atoms with E-state index in [0.29, 0.717) is 6.61 Å². The van der Waals surface area contributed by atoms with Crippen molar-refractivity contribution in [2.75, 3.05) is 16.4 Å². The van der Waals surface area contributed by atoms with Gasteiger partial charge in [-0.1, -0.05) is 0 Å². The second-order valence-electron chi connectivity index (χ2n) is 4.85. The zero-order valence-electron chi connectivity index (χ0n) is 12.1. The Balaban J connectivity index is 1.89. The Hall–Kier alpha value is -2.40. The molecular formula is C17H16F2N2O. The maximum atomic E-state index is 13.1. The first kappa shape index (κ1) is 14.5. The van der Waals surface area contributed by atoms with Crippen LogP contribution in [-0.2, 0) is 4.74 Å². The number of rotatable bonds is 4. The van der Waals surface area contributed by atoms with Crippen molar-refractivity contribution >= 4 is 11.4 Å². The number of benzene rings is 2. The highest BCUT2D eigenvalue weighted by Crippen LogP contribution is 2.29. The van der Waals surface area contributed by atoms with E-state index in [1.54, 1.807) is 24.3 Å². The van der Waals surface area contributed by atoms with E-state index >= 15 is 0 Å². The molecule has 114 valence electrons. The molecule has 0 unspecified atom stereocenters. The van der Waals surface area contributed by atoms with E-state index in [2.05, 4.69) is 0 Å². The Morgan fingerprint density at radius 1 is 0.818 bits per heavy atom. The molecule has 0 aromatic heterocycles. The zero-order valence-corrected chi connectivity index (χ0v) is 12.1. The van der Waals surface area contributed by atoms with Gasteiger partial charge in [-0.25, -0.2) is 8.78 Å². The lowest BCUT2D eigenvalue weighted by Gasteiger charge is -2.32. The van der Waals surface area contributed by atoms with Gasteiger partial charge in [-0.15, -0.1) is 0 Å². The molecule has 0 atom stereocenters. The van der Waals surface area contributed by atoms with Crippen LogP contribution in [0.1, 0.15) is 6.92 Å². The van der Waals surface area contributed by atoms with Gasteiger partial charge in [0, 0.05) is 30.4 Å². The van der Waals surface area contributed by atoms with Crippen molar-refractivity contribution in [1.29, 1.82) is 0 Å². The molecule has 1 heterocycles. The van der Waals surface area contributed by atoms with Crippen molar-refractivity contribution in [2.45, 2.75) is 13.3 Å². The number of hydrogen-bond donors (Lipinski definition) is 0. The molecule has 0 radical (unpaired) electrons. The quantitative estimate of drug-likeness (QED) is 0.846. The Labute approximate surface area is 128 Å². The van der Waals surface area contributed by atoms with Gasteiger partial charge >= 0.3 is 0 Å². The predicted octanol–water partition coefficient (Wildman–Crippen LogP) is 4.08. The van der Waals surface area contributed by atoms with Gasteiger partial charge in [-0.05, 0) is 55.5 Å². The van der Waals surface area contributed by atoms with Crippen molar-refractivity contribution < 1.29 is 13.5 Å². The summed E-state index contributed by atoms with van der Waals surface area (Å²) in [5, 5.41) is 0. The maximum absolute atomic E-state index is 13.1. The SMILES string of the molecule is CCOC1N(c2ccc(F)cc2)C=CN1c1ccc(F)cc1. The molecule has 1 aliphatic rings. The maximum Gasteiger partial charge on any atom is 0.218 e. The molecule has 3 nitrogen and oxygen atoms in total. The minimum absolute atomic E-state index is 0.282. The van der Waals surface area contributed by atoms with E-state index in [1.807, 2.05) is 29.1 Å². The highest BCUT2D eigenvalue weighted by Gasteiger charge is 2.29. The summed E-state index contributed by atoms with van der Waals surface area (Å²) in [5.41, 5.74) is 1.64. The molecule has 0 aliphatic carbocycles. The normalized spacial score (nSPS) is 14.9. The van der Waals surface area contributed by atoms with E-state index in [4.69, 9.17) is 4.74 Å². The summed E-state index contributed by atoms with van der Waals surface area (Å²) in [6, 6.07) is 12.4. The summed E-state index contributed by atoms with van der Waals surface area (Å²) in [5.74, 6) is -0.564. The molecule has 2 aromatic carbocycles. The Morgan fingerprint density at radius 3 is 1.59 bits per heavy atom. The van der Waals surface area contributed by atoms with Gasteiger partial charge in [0.15, 0.2) is 0 Å². The highest BCUT2D eigenvalue weighted by atomic mass is 19.1. The van der Waals surface area contributed by atoms with Gasteiger partial charge in [0.2, 0.25) is 6.35 Å². The average Bonchev–Trinajstić information content (AvgIpc) is 2.93. The van der Waals surface area contributed by atoms with E-state index in [1.165, 1.54) is 24.3 Å². The molecule has 2 aromatic rings. The molecule has 0 fully saturated rings. The lowest BCUT2D eigenvalue weighted by Crippen LogP contribution is -2.41. The lowest BCUT2D eigenvalue weighted by atomic mass is 10.3. The summed E-state index contributed by atoms with van der Waals surface area (Å²) < 4.78 is 32.0. The fourth-order valence-corrected chi connectivity index (χ4v) is 2.39. The fraction of sp³-hybridized carbons (Fsp3) is 0.176. The second kappa shape index (κ2) is 6.15. The number of anilines is 2. The molecule has 0 bridgehead atoms. The van der Waals surface area contributed by atoms with Crippen LogP contribution in [0.5, 0.6) is 0 Å². The number of nitrogens with zero attached hydrogens (tertiary/aromatic N) is 2. The Kier molecular flexibility index (Phi) is 4.06. The topological polar surface area (TPSA) is 15.7 Å². The average molecular weight is 302 g/mol. The van der Waals surface area contributed by atoms with Crippen molar-refractivity contribution in [3.8, 4) is 0 Å². The van der Waals surface area contributed by atoms with Crippen molar-refractivity contribution in [1.82, 2.24) is 0 Å². The van der Waals surface area contributed by atoms with Gasteiger partial charge in [0.05, 0.1) is 0 Å². The summed E-state index contributed by atoms with van der Waals surface area (Å²) in [6.07, 6.45) is 3.33. The number of hydrogen-bond acceptors (Lipinski definition) is 3. The third-order valence-electron chi connectivity index (χ3n) is 3.43. The fourth-order valence-electron chi connectivity index (χ4n) is 2.39. The first-order valence-electron chi connectivity index (χ1n) is 7.07. The highest BCUT2D eigenvalue weighted by molar-refractivity contribution is 5.60. The standard InChI is InChI=1S/C17H16F2N2O/c1-2-22-17-20(15-7-3-13(18)4-8-15)11-12-21(17)16-9-5-14(19)6-10-16/h3-12,17H,2H2,1H3. The van der Waals surface area contributed by atoms with Gasteiger partial charge in [0.25, 0.3) is 0 Å². The predicted molar refractivity (Wildman–Crippen MR) is 82.3 cm³/mol. The van der Waals surface area contributed by atoms with Crippen molar-refractivity contribution in [2.24, 2.45) is 0 Å². The van der Waals surface area contributed by atoms with Gasteiger partial charge in [0.1, 0.15) is 11.6 Å². The minimum Gasteiger partial charge on any atom is -0.340 e. The molecule has 1 aliphatic heterocycles. The van der Waals surface area contributed by atoms with E-state index in [0.717, 1.165) is 11.4 Å². The van der Waals surface area contributed by atoms with Crippen LogP contribution in [0.15, 0.2) is 60.9 Å². The van der Waals surface area contributed by atoms with E-state index in [-0.39, 0.29) is 18.0 Å². The first-order valence-corrected chi connectivity index (χ1v) is 7.07. The Bertz CT molecular complexity index is 600. The monoisotopic (exact) mass is 302 g/mol. The summed E-state index contributed by atoms with van der Waals surface area (Å²) >= 11 is 0. The minimum atomic E-state index is -0.388. The van der Waals surface area contributed by atoms with Crippen LogP contribution in [0.4, 0.5) is 20.2 Å². The van der Waals surface area contributed by atoms with Crippen LogP contribution in [-0.4, -0.2) is 13.0 Å². The van der Waals surface area contributed by atoms with Crippen LogP contribution in [0.3, 0.4) is 0 Å². The van der Waals surface area contributed by atoms with Gasteiger partial charge < -0.3 is 14.5 Å². The summed E-state index contributed by atoms with van der Waals surface area (Å²) in [6.45, 7) is 2.42. The second-order valence-corrected chi connectivity index (χ2v) is 4.85.